The van der Waals surface area contributed by atoms with Gasteiger partial charge in [-0.25, -0.2) is 4.79 Å². The number of carbonyl (C=O) groups excluding carboxylic acids is 1. The number of esters is 1. The number of nitro benzene ring substituents is 2. The molecule has 21 heavy (non-hydrogen) atoms. The third kappa shape index (κ3) is 4.23. The first-order chi connectivity index (χ1) is 9.76. The van der Waals surface area contributed by atoms with Crippen molar-refractivity contribution in [1.29, 1.82) is 0 Å². The molecule has 1 aromatic rings. The summed E-state index contributed by atoms with van der Waals surface area (Å²) in [5.74, 6) is -0.727. The van der Waals surface area contributed by atoms with E-state index in [9.17, 15) is 25.0 Å². The minimum absolute atomic E-state index is 0.0765. The Morgan fingerprint density at radius 1 is 1.14 bits per heavy atom. The fraction of sp³-hybridized carbons (Fsp3) is 0.462. The van der Waals surface area contributed by atoms with Crippen LogP contribution in [0.15, 0.2) is 18.2 Å². The van der Waals surface area contributed by atoms with Crippen LogP contribution in [0.25, 0.3) is 0 Å². The summed E-state index contributed by atoms with van der Waals surface area (Å²) < 4.78 is 5.23. The highest BCUT2D eigenvalue weighted by molar-refractivity contribution is 5.91. The Balaban J connectivity index is 3.14. The number of hydrogen-bond acceptors (Lipinski definition) is 6. The molecular formula is C13H16N2O6. The molecule has 114 valence electrons. The molecule has 0 heterocycles. The summed E-state index contributed by atoms with van der Waals surface area (Å²) in [6, 6.07) is 2.75. The van der Waals surface area contributed by atoms with E-state index in [1.807, 2.05) is 20.8 Å². The average Bonchev–Trinajstić information content (AvgIpc) is 2.43. The lowest BCUT2D eigenvalue weighted by molar-refractivity contribution is -0.394. The van der Waals surface area contributed by atoms with E-state index in [-0.39, 0.29) is 17.6 Å². The van der Waals surface area contributed by atoms with E-state index in [1.165, 1.54) is 0 Å². The number of benzene rings is 1. The molecule has 0 radical (unpaired) electrons. The van der Waals surface area contributed by atoms with Crippen LogP contribution in [0, 0.1) is 26.1 Å². The molecule has 0 amide bonds. The van der Waals surface area contributed by atoms with Crippen molar-refractivity contribution in [3.63, 3.8) is 0 Å². The molecule has 8 nitrogen and oxygen atoms in total. The Morgan fingerprint density at radius 2 is 1.62 bits per heavy atom. The number of nitrogens with zero attached hydrogens (tertiary/aromatic N) is 2. The fourth-order valence-corrected chi connectivity index (χ4v) is 1.82. The van der Waals surface area contributed by atoms with E-state index in [0.717, 1.165) is 18.2 Å². The Morgan fingerprint density at radius 3 is 1.95 bits per heavy atom. The van der Waals surface area contributed by atoms with E-state index >= 15 is 0 Å². The predicted octanol–water partition coefficient (Wildman–Crippen LogP) is 3.09. The SMILES string of the molecule is CC[C@@H](OC(=O)c1cc([N+](=O)[O-])cc([N+](=O)[O-])c1)C(C)C. The molecule has 1 atom stereocenters. The third-order valence-corrected chi connectivity index (χ3v) is 2.96. The van der Waals surface area contributed by atoms with E-state index in [4.69, 9.17) is 4.74 Å². The molecule has 8 heteroatoms. The van der Waals surface area contributed by atoms with Gasteiger partial charge >= 0.3 is 5.97 Å². The molecule has 0 saturated carbocycles. The van der Waals surface area contributed by atoms with Gasteiger partial charge in [-0.15, -0.1) is 0 Å². The Kier molecular flexibility index (Phi) is 5.34. The molecule has 0 fully saturated rings. The van der Waals surface area contributed by atoms with Crippen molar-refractivity contribution in [2.45, 2.75) is 33.3 Å². The summed E-state index contributed by atoms with van der Waals surface area (Å²) in [5.41, 5.74) is -1.24. The summed E-state index contributed by atoms with van der Waals surface area (Å²) >= 11 is 0. The maximum Gasteiger partial charge on any atom is 0.338 e. The highest BCUT2D eigenvalue weighted by Gasteiger charge is 2.23. The molecule has 0 aliphatic carbocycles. The molecule has 0 aromatic heterocycles. The molecular weight excluding hydrogens is 280 g/mol. The van der Waals surface area contributed by atoms with Crippen LogP contribution < -0.4 is 0 Å². The largest absolute Gasteiger partial charge is 0.459 e. The average molecular weight is 296 g/mol. The van der Waals surface area contributed by atoms with E-state index in [2.05, 4.69) is 0 Å². The molecule has 1 rings (SSSR count). The van der Waals surface area contributed by atoms with Gasteiger partial charge < -0.3 is 4.74 Å². The van der Waals surface area contributed by atoms with Crippen molar-refractivity contribution >= 4 is 17.3 Å². The van der Waals surface area contributed by atoms with Crippen LogP contribution in [0.2, 0.25) is 0 Å². The number of nitro groups is 2. The standard InChI is InChI=1S/C13H16N2O6/c1-4-12(8(2)3)21-13(16)9-5-10(14(17)18)7-11(6-9)15(19)20/h5-8,12H,4H2,1-3H3/t12-/m1/s1. The summed E-state index contributed by atoms with van der Waals surface area (Å²) in [5, 5.41) is 21.5. The van der Waals surface area contributed by atoms with Crippen LogP contribution in [-0.4, -0.2) is 21.9 Å². The zero-order valence-corrected chi connectivity index (χ0v) is 11.9. The number of non-ortho nitro benzene ring substituents is 2. The highest BCUT2D eigenvalue weighted by atomic mass is 16.6. The van der Waals surface area contributed by atoms with Gasteiger partial charge in [0, 0.05) is 12.1 Å². The van der Waals surface area contributed by atoms with Crippen LogP contribution in [0.4, 0.5) is 11.4 Å². The first kappa shape index (κ1) is 16.5. The topological polar surface area (TPSA) is 113 Å². The number of hydrogen-bond donors (Lipinski definition) is 0. The monoisotopic (exact) mass is 296 g/mol. The normalized spacial score (nSPS) is 12.0. The minimum atomic E-state index is -0.803. The van der Waals surface area contributed by atoms with Crippen molar-refractivity contribution in [2.75, 3.05) is 0 Å². The molecule has 0 aliphatic rings. The molecule has 0 spiro atoms. The van der Waals surface area contributed by atoms with Gasteiger partial charge in [0.05, 0.1) is 21.5 Å². The lowest BCUT2D eigenvalue weighted by atomic mass is 10.1. The first-order valence-electron chi connectivity index (χ1n) is 6.41. The Bertz CT molecular complexity index is 538. The Hall–Kier alpha value is -2.51. The van der Waals surface area contributed by atoms with Crippen molar-refractivity contribution in [3.8, 4) is 0 Å². The Labute approximate surface area is 121 Å². The second kappa shape index (κ2) is 6.78. The molecule has 0 bridgehead atoms. The lowest BCUT2D eigenvalue weighted by Gasteiger charge is -2.19. The second-order valence-corrected chi connectivity index (χ2v) is 4.85. The summed E-state index contributed by atoms with van der Waals surface area (Å²) in [6.07, 6.45) is 0.233. The van der Waals surface area contributed by atoms with Crippen LogP contribution in [0.1, 0.15) is 37.6 Å². The number of carbonyl (C=O) groups is 1. The summed E-state index contributed by atoms with van der Waals surface area (Å²) in [4.78, 5) is 32.0. The molecule has 0 unspecified atom stereocenters. The van der Waals surface area contributed by atoms with Crippen molar-refractivity contribution in [2.24, 2.45) is 5.92 Å². The van der Waals surface area contributed by atoms with Crippen LogP contribution in [-0.2, 0) is 4.74 Å². The fourth-order valence-electron chi connectivity index (χ4n) is 1.82. The lowest BCUT2D eigenvalue weighted by Crippen LogP contribution is -2.23. The minimum Gasteiger partial charge on any atom is -0.459 e. The van der Waals surface area contributed by atoms with Gasteiger partial charge in [0.2, 0.25) is 0 Å². The maximum atomic E-state index is 12.0. The van der Waals surface area contributed by atoms with Gasteiger partial charge in [0.1, 0.15) is 6.10 Å². The van der Waals surface area contributed by atoms with Crippen LogP contribution in [0.3, 0.4) is 0 Å². The molecule has 0 N–H and O–H groups in total. The van der Waals surface area contributed by atoms with E-state index in [0.29, 0.717) is 6.42 Å². The highest BCUT2D eigenvalue weighted by Crippen LogP contribution is 2.24. The van der Waals surface area contributed by atoms with Crippen LogP contribution in [0.5, 0.6) is 0 Å². The molecule has 0 saturated heterocycles. The van der Waals surface area contributed by atoms with Crippen molar-refractivity contribution in [3.05, 3.63) is 44.0 Å². The number of ether oxygens (including phenoxy) is 1. The number of rotatable bonds is 6. The van der Waals surface area contributed by atoms with E-state index < -0.39 is 27.2 Å². The summed E-state index contributed by atoms with van der Waals surface area (Å²) in [7, 11) is 0. The van der Waals surface area contributed by atoms with Gasteiger partial charge in [0.15, 0.2) is 0 Å². The van der Waals surface area contributed by atoms with Gasteiger partial charge in [0.25, 0.3) is 11.4 Å². The van der Waals surface area contributed by atoms with Crippen LogP contribution >= 0.6 is 0 Å². The maximum absolute atomic E-state index is 12.0. The predicted molar refractivity (Wildman–Crippen MR) is 74.1 cm³/mol. The zero-order chi connectivity index (χ0) is 16.2. The third-order valence-electron chi connectivity index (χ3n) is 2.96. The van der Waals surface area contributed by atoms with Crippen molar-refractivity contribution in [1.82, 2.24) is 0 Å². The first-order valence-corrected chi connectivity index (χ1v) is 6.41. The second-order valence-electron chi connectivity index (χ2n) is 4.85. The summed E-state index contributed by atoms with van der Waals surface area (Å²) in [6.45, 7) is 5.59. The smallest absolute Gasteiger partial charge is 0.338 e. The zero-order valence-electron chi connectivity index (χ0n) is 11.9. The van der Waals surface area contributed by atoms with E-state index in [1.54, 1.807) is 0 Å². The van der Waals surface area contributed by atoms with Gasteiger partial charge in [-0.3, -0.25) is 20.2 Å². The van der Waals surface area contributed by atoms with Gasteiger partial charge in [-0.05, 0) is 12.3 Å². The van der Waals surface area contributed by atoms with Gasteiger partial charge in [-0.2, -0.15) is 0 Å². The molecule has 0 aliphatic heterocycles. The molecule has 1 aromatic carbocycles. The van der Waals surface area contributed by atoms with Crippen molar-refractivity contribution < 1.29 is 19.4 Å². The van der Waals surface area contributed by atoms with Gasteiger partial charge in [-0.1, -0.05) is 20.8 Å². The quantitative estimate of drug-likeness (QED) is 0.453.